The predicted octanol–water partition coefficient (Wildman–Crippen LogP) is 5.26. The lowest BCUT2D eigenvalue weighted by atomic mass is 10.0. The van der Waals surface area contributed by atoms with Crippen molar-refractivity contribution in [2.75, 3.05) is 17.3 Å². The fraction of sp³-hybridized carbons (Fsp3) is 0.414. The van der Waals surface area contributed by atoms with Crippen LogP contribution in [0, 0.1) is 0 Å². The summed E-state index contributed by atoms with van der Waals surface area (Å²) < 4.78 is 31.1. The quantitative estimate of drug-likeness (QED) is 0.140. The van der Waals surface area contributed by atoms with Gasteiger partial charge in [-0.3, -0.25) is 14.5 Å². The van der Waals surface area contributed by atoms with Crippen molar-refractivity contribution in [2.24, 2.45) is 15.1 Å². The van der Waals surface area contributed by atoms with Crippen LogP contribution in [-0.4, -0.2) is 39.7 Å². The van der Waals surface area contributed by atoms with E-state index in [9.17, 15) is 9.00 Å². The first-order valence-electron chi connectivity index (χ1n) is 13.1. The van der Waals surface area contributed by atoms with E-state index in [4.69, 9.17) is 14.7 Å². The molecule has 0 radical (unpaired) electrons. The molecule has 0 bridgehead atoms. The third-order valence-corrected chi connectivity index (χ3v) is 8.17. The summed E-state index contributed by atoms with van der Waals surface area (Å²) in [6.07, 6.45) is 13.9. The number of nitrogens with two attached hydrogens (primary N) is 1. The molecule has 2 aliphatic heterocycles. The summed E-state index contributed by atoms with van der Waals surface area (Å²) in [5, 5.41) is 3.07. The number of hydrogen-bond acceptors (Lipinski definition) is 6. The molecule has 1 aromatic carbocycles. The Bertz CT molecular complexity index is 1340. The number of nitrogens with zero attached hydrogens (tertiary/aromatic N) is 2. The average Bonchev–Trinajstić information content (AvgIpc) is 3.54. The number of amidine groups is 1. The maximum Gasteiger partial charge on any atom is 0.251 e. The van der Waals surface area contributed by atoms with Crippen molar-refractivity contribution in [2.45, 2.75) is 66.3 Å². The summed E-state index contributed by atoms with van der Waals surface area (Å²) in [5.41, 5.74) is 9.23. The van der Waals surface area contributed by atoms with E-state index in [0.29, 0.717) is 22.6 Å². The van der Waals surface area contributed by atoms with Crippen molar-refractivity contribution in [3.63, 3.8) is 0 Å². The van der Waals surface area contributed by atoms with Gasteiger partial charge in [0, 0.05) is 17.5 Å². The zero-order valence-corrected chi connectivity index (χ0v) is 24.6. The Morgan fingerprint density at radius 1 is 1.36 bits per heavy atom. The highest BCUT2D eigenvalue weighted by Gasteiger charge is 2.49. The van der Waals surface area contributed by atoms with Crippen molar-refractivity contribution in [3.05, 3.63) is 71.5 Å². The predicted molar refractivity (Wildman–Crippen MR) is 161 cm³/mol. The zero-order valence-electron chi connectivity index (χ0n) is 23.7. The highest BCUT2D eigenvalue weighted by atomic mass is 32.3. The first-order chi connectivity index (χ1) is 18.4. The molecule has 1 amide bonds. The van der Waals surface area contributed by atoms with Crippen LogP contribution in [0.2, 0.25) is 0 Å². The Morgan fingerprint density at radius 3 is 2.77 bits per heavy atom. The normalized spacial score (nSPS) is 19.7. The van der Waals surface area contributed by atoms with E-state index in [2.05, 4.69) is 26.4 Å². The van der Waals surface area contributed by atoms with Gasteiger partial charge in [0.05, 0.1) is 16.8 Å². The maximum absolute atomic E-state index is 13.3. The van der Waals surface area contributed by atoms with Gasteiger partial charge < -0.3 is 15.8 Å². The molecular weight excluding hydrogens is 514 g/mol. The zero-order chi connectivity index (χ0) is 28.7. The topological polar surface area (TPSA) is 131 Å². The Balaban J connectivity index is 1.65. The van der Waals surface area contributed by atoms with Crippen molar-refractivity contribution in [3.8, 4) is 5.75 Å². The molecular formula is C29H41N5O4S. The van der Waals surface area contributed by atoms with Gasteiger partial charge in [-0.05, 0) is 81.8 Å². The molecule has 0 unspecified atom stereocenters. The van der Waals surface area contributed by atoms with E-state index in [1.54, 1.807) is 24.3 Å². The number of anilines is 1. The van der Waals surface area contributed by atoms with E-state index in [1.807, 2.05) is 65.1 Å². The molecule has 1 spiro atoms. The SMILES string of the molecule is C\C=C/C=C(\C=C(/C)CC/C=C\N=C(C)CC)C(=O)NC(C)(C)COc1cccc2c1C(N)=NS1(=O)(CO1)N2. The molecule has 4 N–H and O–H groups in total. The van der Waals surface area contributed by atoms with Crippen LogP contribution in [0.4, 0.5) is 5.69 Å². The number of rotatable bonds is 12. The molecule has 0 atom stereocenters. The van der Waals surface area contributed by atoms with Gasteiger partial charge in [-0.25, -0.2) is 4.18 Å². The number of aliphatic imine (C=N–C) groups is 1. The fourth-order valence-corrected chi connectivity index (χ4v) is 5.60. The lowest BCUT2D eigenvalue weighted by molar-refractivity contribution is -0.119. The number of nitrogens with one attached hydrogen (secondary N) is 2. The summed E-state index contributed by atoms with van der Waals surface area (Å²) in [4.78, 5) is 17.6. The number of carbonyl (C=O) groups excluding carboxylic acids is 1. The fourth-order valence-electron chi connectivity index (χ4n) is 3.72. The molecule has 39 heavy (non-hydrogen) atoms. The van der Waals surface area contributed by atoms with Crippen molar-refractivity contribution in [1.82, 2.24) is 5.32 Å². The molecule has 212 valence electrons. The number of allylic oxidation sites excluding steroid dienone is 5. The van der Waals surface area contributed by atoms with E-state index in [1.165, 1.54) is 0 Å². The Hall–Kier alpha value is -3.50. The lowest BCUT2D eigenvalue weighted by Crippen LogP contribution is -2.48. The number of carbonyl (C=O) groups is 1. The Kier molecular flexibility index (Phi) is 9.34. The van der Waals surface area contributed by atoms with Gasteiger partial charge in [-0.2, -0.15) is 4.21 Å². The number of ether oxygens (including phenoxy) is 1. The largest absolute Gasteiger partial charge is 0.490 e. The molecule has 1 fully saturated rings. The smallest absolute Gasteiger partial charge is 0.251 e. The maximum atomic E-state index is 13.3. The van der Waals surface area contributed by atoms with Gasteiger partial charge in [0.15, 0.2) is 11.8 Å². The summed E-state index contributed by atoms with van der Waals surface area (Å²) in [7, 11) is -3.70. The van der Waals surface area contributed by atoms with E-state index in [0.717, 1.165) is 30.5 Å². The lowest BCUT2D eigenvalue weighted by Gasteiger charge is -2.31. The second-order valence-corrected chi connectivity index (χ2v) is 13.2. The molecule has 2 aliphatic rings. The number of amides is 1. The van der Waals surface area contributed by atoms with Crippen LogP contribution >= 0.6 is 0 Å². The number of benzene rings is 1. The first kappa shape index (κ1) is 30.0. The summed E-state index contributed by atoms with van der Waals surface area (Å²) in [5.74, 6) is 0.360. The van der Waals surface area contributed by atoms with Crippen LogP contribution in [-0.2, 0) is 18.7 Å². The average molecular weight is 556 g/mol. The van der Waals surface area contributed by atoms with Crippen LogP contribution in [0.5, 0.6) is 5.75 Å². The minimum absolute atomic E-state index is 0.00237. The molecule has 9 nitrogen and oxygen atoms in total. The van der Waals surface area contributed by atoms with Gasteiger partial charge in [-0.1, -0.05) is 42.9 Å². The van der Waals surface area contributed by atoms with Crippen LogP contribution in [0.25, 0.3) is 0 Å². The minimum atomic E-state index is -3.70. The van der Waals surface area contributed by atoms with Gasteiger partial charge in [0.1, 0.15) is 12.4 Å². The summed E-state index contributed by atoms with van der Waals surface area (Å²) >= 11 is 0. The molecule has 1 saturated heterocycles. The first-order valence-corrected chi connectivity index (χ1v) is 15.1. The van der Waals surface area contributed by atoms with E-state index in [-0.39, 0.29) is 24.3 Å². The monoisotopic (exact) mass is 555 g/mol. The highest BCUT2D eigenvalue weighted by Crippen LogP contribution is 2.48. The van der Waals surface area contributed by atoms with Crippen molar-refractivity contribution < 1.29 is 17.9 Å². The second kappa shape index (κ2) is 12.1. The van der Waals surface area contributed by atoms with E-state index < -0.39 is 15.3 Å². The third kappa shape index (κ3) is 8.24. The van der Waals surface area contributed by atoms with E-state index >= 15 is 0 Å². The molecule has 0 aromatic heterocycles. The molecule has 2 heterocycles. The molecule has 3 rings (SSSR count). The van der Waals surface area contributed by atoms with Crippen molar-refractivity contribution >= 4 is 32.9 Å². The second-order valence-electron chi connectivity index (χ2n) is 10.4. The Morgan fingerprint density at radius 2 is 2.10 bits per heavy atom. The third-order valence-electron chi connectivity index (χ3n) is 6.10. The highest BCUT2D eigenvalue weighted by molar-refractivity contribution is 8.20. The minimum Gasteiger partial charge on any atom is -0.490 e. The van der Waals surface area contributed by atoms with Crippen LogP contribution in [0.1, 0.15) is 66.4 Å². The van der Waals surface area contributed by atoms with Crippen LogP contribution in [0.15, 0.2) is 75.3 Å². The summed E-state index contributed by atoms with van der Waals surface area (Å²) in [6, 6.07) is 5.28. The number of hydrogen-bond donors (Lipinski definition) is 3. The van der Waals surface area contributed by atoms with Crippen LogP contribution < -0.4 is 20.5 Å². The molecule has 10 heteroatoms. The van der Waals surface area contributed by atoms with Gasteiger partial charge in [0.25, 0.3) is 5.91 Å². The molecule has 0 saturated carbocycles. The number of fused-ring (bicyclic) bond motifs is 1. The molecule has 0 aliphatic carbocycles. The Labute approximate surface area is 231 Å². The summed E-state index contributed by atoms with van der Waals surface area (Å²) in [6.45, 7) is 11.9. The van der Waals surface area contributed by atoms with Crippen molar-refractivity contribution in [1.29, 1.82) is 0 Å². The van der Waals surface area contributed by atoms with Gasteiger partial charge >= 0.3 is 0 Å². The van der Waals surface area contributed by atoms with Gasteiger partial charge in [-0.15, -0.1) is 4.40 Å². The van der Waals surface area contributed by atoms with Gasteiger partial charge in [0.2, 0.25) is 0 Å². The molecule has 1 aromatic rings. The van der Waals surface area contributed by atoms with Crippen LogP contribution in [0.3, 0.4) is 0 Å². The standard InChI is InChI=1S/C29H41N5O4S/c1-7-9-14-23(18-21(3)13-10-11-17-31-22(4)8-2)28(35)32-29(5,6)19-37-25-16-12-15-24-26(25)27(30)34-39(36,33-24)20-38-39/h7,9,11-12,14-18H,8,10,13,19-20H2,1-6H3,(H,32,35)(H3,30,33,34,36)/b9-7-,17-11-,21-18+,23-14+,31-22?.